The Bertz CT molecular complexity index is 1420. The molecule has 1 amide bonds. The van der Waals surface area contributed by atoms with E-state index in [4.69, 9.17) is 9.72 Å². The van der Waals surface area contributed by atoms with Gasteiger partial charge in [0.25, 0.3) is 0 Å². The zero-order chi connectivity index (χ0) is 22.8. The maximum absolute atomic E-state index is 12.8. The number of carbonyl (C=O) groups excluding carboxylic acids is 1. The van der Waals surface area contributed by atoms with Gasteiger partial charge < -0.3 is 10.1 Å². The summed E-state index contributed by atoms with van der Waals surface area (Å²) in [6.07, 6.45) is 2.27. The molecule has 0 fully saturated rings. The lowest BCUT2D eigenvalue weighted by molar-refractivity contribution is -0.120. The van der Waals surface area contributed by atoms with Crippen LogP contribution in [0.5, 0.6) is 5.75 Å². The van der Waals surface area contributed by atoms with Crippen molar-refractivity contribution >= 4 is 22.6 Å². The van der Waals surface area contributed by atoms with E-state index in [0.717, 1.165) is 33.3 Å². The minimum atomic E-state index is -0.672. The lowest BCUT2D eigenvalue weighted by Crippen LogP contribution is -2.33. The molecule has 5 rings (SSSR count). The highest BCUT2D eigenvalue weighted by Gasteiger charge is 2.43. The van der Waals surface area contributed by atoms with Gasteiger partial charge in [-0.15, -0.1) is 0 Å². The Balaban J connectivity index is 1.40. The number of hydrogen-bond donors (Lipinski definition) is 1. The van der Waals surface area contributed by atoms with Gasteiger partial charge in [-0.25, -0.2) is 9.97 Å². The van der Waals surface area contributed by atoms with Gasteiger partial charge in [0.2, 0.25) is 5.91 Å². The van der Waals surface area contributed by atoms with E-state index in [1.54, 1.807) is 6.20 Å². The van der Waals surface area contributed by atoms with Crippen LogP contribution >= 0.6 is 0 Å². The number of aromatic nitrogens is 2. The van der Waals surface area contributed by atoms with Crippen LogP contribution in [0, 0.1) is 18.8 Å². The average Bonchev–Trinajstić information content (AvgIpc) is 3.08. The van der Waals surface area contributed by atoms with E-state index >= 15 is 0 Å². The topological polar surface area (TPSA) is 64.1 Å². The molecular formula is C28H23N3O2. The van der Waals surface area contributed by atoms with E-state index < -0.39 is 5.41 Å². The van der Waals surface area contributed by atoms with Gasteiger partial charge in [0.1, 0.15) is 23.9 Å². The van der Waals surface area contributed by atoms with Crippen molar-refractivity contribution in [2.24, 2.45) is 0 Å². The van der Waals surface area contributed by atoms with Crippen molar-refractivity contribution in [3.05, 3.63) is 95.3 Å². The first-order valence-electron chi connectivity index (χ1n) is 10.9. The number of ether oxygens (including phenoxy) is 1. The number of fused-ring (bicyclic) bond motifs is 2. The van der Waals surface area contributed by atoms with Gasteiger partial charge >= 0.3 is 0 Å². The summed E-state index contributed by atoms with van der Waals surface area (Å²) < 4.78 is 5.63. The molecule has 3 heterocycles. The molecule has 4 aromatic rings. The molecule has 162 valence electrons. The number of amides is 1. The molecule has 5 heteroatoms. The third kappa shape index (κ3) is 4.04. The van der Waals surface area contributed by atoms with Crippen LogP contribution in [0.3, 0.4) is 0 Å². The second kappa shape index (κ2) is 8.40. The van der Waals surface area contributed by atoms with E-state index in [-0.39, 0.29) is 5.91 Å². The van der Waals surface area contributed by atoms with E-state index in [1.807, 2.05) is 61.5 Å². The van der Waals surface area contributed by atoms with Crippen LogP contribution in [0.1, 0.15) is 29.3 Å². The summed E-state index contributed by atoms with van der Waals surface area (Å²) in [6.45, 7) is 4.34. The smallest absolute Gasteiger partial charge is 0.236 e. The summed E-state index contributed by atoms with van der Waals surface area (Å²) in [5.74, 6) is 7.53. The fourth-order valence-electron chi connectivity index (χ4n) is 4.23. The third-order valence-electron chi connectivity index (χ3n) is 6.10. The second-order valence-corrected chi connectivity index (χ2v) is 8.43. The van der Waals surface area contributed by atoms with Crippen molar-refractivity contribution in [2.45, 2.75) is 25.7 Å². The Morgan fingerprint density at radius 3 is 2.76 bits per heavy atom. The Labute approximate surface area is 192 Å². The molecule has 1 aliphatic rings. The van der Waals surface area contributed by atoms with Crippen LogP contribution in [0.15, 0.2) is 72.9 Å². The molecule has 33 heavy (non-hydrogen) atoms. The fraction of sp³-hybridized carbons (Fsp3) is 0.179. The highest BCUT2D eigenvalue weighted by Crippen LogP contribution is 2.39. The second-order valence-electron chi connectivity index (χ2n) is 8.43. The first-order chi connectivity index (χ1) is 16.0. The molecule has 1 unspecified atom stereocenters. The first kappa shape index (κ1) is 20.7. The number of pyridine rings is 2. The number of para-hydroxylation sites is 1. The predicted molar refractivity (Wildman–Crippen MR) is 129 cm³/mol. The maximum atomic E-state index is 12.8. The molecule has 0 saturated heterocycles. The lowest BCUT2D eigenvalue weighted by atomic mass is 9.78. The summed E-state index contributed by atoms with van der Waals surface area (Å²) in [5, 5.41) is 3.97. The largest absolute Gasteiger partial charge is 0.481 e. The summed E-state index contributed by atoms with van der Waals surface area (Å²) in [6, 6.07) is 21.6. The zero-order valence-corrected chi connectivity index (χ0v) is 18.6. The quantitative estimate of drug-likeness (QED) is 0.469. The van der Waals surface area contributed by atoms with E-state index in [9.17, 15) is 4.79 Å². The molecule has 1 aliphatic heterocycles. The number of nitrogens with one attached hydrogen (secondary N) is 1. The van der Waals surface area contributed by atoms with Gasteiger partial charge in [-0.1, -0.05) is 30.2 Å². The highest BCUT2D eigenvalue weighted by atomic mass is 16.5. The Morgan fingerprint density at radius 2 is 1.91 bits per heavy atom. The molecule has 5 nitrogen and oxygen atoms in total. The van der Waals surface area contributed by atoms with Crippen LogP contribution in [-0.4, -0.2) is 22.5 Å². The first-order valence-corrected chi connectivity index (χ1v) is 10.9. The average molecular weight is 434 g/mol. The third-order valence-corrected chi connectivity index (χ3v) is 6.10. The molecule has 2 aromatic heterocycles. The van der Waals surface area contributed by atoms with Gasteiger partial charge in [-0.05, 0) is 79.8 Å². The normalized spacial score (nSPS) is 16.6. The van der Waals surface area contributed by atoms with Gasteiger partial charge in [-0.3, -0.25) is 4.79 Å². The molecule has 1 N–H and O–H groups in total. The summed E-state index contributed by atoms with van der Waals surface area (Å²) >= 11 is 0. The van der Waals surface area contributed by atoms with Gasteiger partial charge in [0.05, 0.1) is 10.9 Å². The van der Waals surface area contributed by atoms with Crippen LogP contribution in [0.25, 0.3) is 10.9 Å². The summed E-state index contributed by atoms with van der Waals surface area (Å²) in [4.78, 5) is 21.9. The number of aryl methyl sites for hydroxylation is 1. The molecule has 0 aliphatic carbocycles. The number of hydrogen-bond acceptors (Lipinski definition) is 4. The number of nitrogens with zero attached hydrogens (tertiary/aromatic N) is 2. The molecule has 0 radical (unpaired) electrons. The van der Waals surface area contributed by atoms with Gasteiger partial charge in [0, 0.05) is 17.1 Å². The number of carbonyl (C=O) groups is 1. The fourth-order valence-corrected chi connectivity index (χ4v) is 4.23. The van der Waals surface area contributed by atoms with Gasteiger partial charge in [-0.2, -0.15) is 0 Å². The van der Waals surface area contributed by atoms with E-state index in [0.29, 0.717) is 24.5 Å². The highest BCUT2D eigenvalue weighted by molar-refractivity contribution is 6.05. The van der Waals surface area contributed by atoms with Crippen molar-refractivity contribution < 1.29 is 9.53 Å². The van der Waals surface area contributed by atoms with Crippen LogP contribution < -0.4 is 10.1 Å². The molecule has 0 spiro atoms. The number of anilines is 1. The van der Waals surface area contributed by atoms with Crippen LogP contribution in [-0.2, 0) is 16.6 Å². The Hall–Kier alpha value is -4.17. The molecule has 0 saturated carbocycles. The monoisotopic (exact) mass is 433 g/mol. The van der Waals surface area contributed by atoms with E-state index in [2.05, 4.69) is 41.2 Å². The Morgan fingerprint density at radius 1 is 1.06 bits per heavy atom. The van der Waals surface area contributed by atoms with Crippen molar-refractivity contribution in [2.75, 3.05) is 11.9 Å². The van der Waals surface area contributed by atoms with Crippen LogP contribution in [0.2, 0.25) is 0 Å². The van der Waals surface area contributed by atoms with Crippen LogP contribution in [0.4, 0.5) is 5.82 Å². The van der Waals surface area contributed by atoms with Crippen molar-refractivity contribution in [3.8, 4) is 17.6 Å². The number of rotatable bonds is 4. The maximum Gasteiger partial charge on any atom is 0.236 e. The van der Waals surface area contributed by atoms with Crippen molar-refractivity contribution in [1.29, 1.82) is 0 Å². The predicted octanol–water partition coefficient (Wildman–Crippen LogP) is 4.82. The van der Waals surface area contributed by atoms with Crippen molar-refractivity contribution in [3.63, 3.8) is 0 Å². The standard InChI is InChI=1S/C28H23N3O2/c1-19-16-20-12-13-22(8-7-15-33-23-9-4-3-5-10-23)30-25(20)17-21(19)18-28(2)24-11-6-14-29-26(24)31-27(28)32/h3-6,9-14,16-17H,15,18H2,1-2H3,(H,29,31,32). The minimum Gasteiger partial charge on any atom is -0.481 e. The molecule has 2 aromatic carbocycles. The number of benzene rings is 2. The zero-order valence-electron chi connectivity index (χ0n) is 18.6. The van der Waals surface area contributed by atoms with Crippen molar-refractivity contribution in [1.82, 2.24) is 9.97 Å². The van der Waals surface area contributed by atoms with Gasteiger partial charge in [0.15, 0.2) is 0 Å². The summed E-state index contributed by atoms with van der Waals surface area (Å²) in [7, 11) is 0. The van der Waals surface area contributed by atoms with E-state index in [1.165, 1.54) is 0 Å². The summed E-state index contributed by atoms with van der Waals surface area (Å²) in [5.41, 5.74) is 4.02. The SMILES string of the molecule is Cc1cc2ccc(C#CCOc3ccccc3)nc2cc1CC1(C)C(=O)Nc2ncccc21. The Kier molecular flexibility index (Phi) is 5.27. The molecular weight excluding hydrogens is 410 g/mol. The molecule has 0 bridgehead atoms. The molecule has 1 atom stereocenters. The lowest BCUT2D eigenvalue weighted by Gasteiger charge is -2.23. The minimum absolute atomic E-state index is 0.0262.